The van der Waals surface area contributed by atoms with Crippen molar-refractivity contribution in [2.75, 3.05) is 5.32 Å². The average molecular weight is 237 g/mol. The predicted molar refractivity (Wildman–Crippen MR) is 68.1 cm³/mol. The van der Waals surface area contributed by atoms with Gasteiger partial charge in [-0.2, -0.15) is 0 Å². The van der Waals surface area contributed by atoms with Crippen LogP contribution in [0.4, 0.5) is 5.69 Å². The van der Waals surface area contributed by atoms with E-state index in [1.54, 1.807) is 18.5 Å². The molecule has 0 bridgehead atoms. The van der Waals surface area contributed by atoms with Gasteiger partial charge in [0.05, 0.1) is 11.9 Å². The molecule has 0 spiro atoms. The van der Waals surface area contributed by atoms with Gasteiger partial charge in [0.15, 0.2) is 5.11 Å². The number of pyridine rings is 1. The maximum Gasteiger partial charge on any atom is 0.231 e. The van der Waals surface area contributed by atoms with Gasteiger partial charge in [-0.1, -0.05) is 20.8 Å². The third kappa shape index (κ3) is 3.94. The van der Waals surface area contributed by atoms with Crippen LogP contribution < -0.4 is 10.6 Å². The van der Waals surface area contributed by atoms with Crippen LogP contribution in [-0.2, 0) is 4.79 Å². The zero-order chi connectivity index (χ0) is 12.2. The first kappa shape index (κ1) is 12.6. The van der Waals surface area contributed by atoms with Crippen molar-refractivity contribution in [3.05, 3.63) is 24.5 Å². The smallest absolute Gasteiger partial charge is 0.231 e. The zero-order valence-corrected chi connectivity index (χ0v) is 10.4. The lowest BCUT2D eigenvalue weighted by molar-refractivity contribution is -0.126. The standard InChI is InChI=1S/C11H15N3OS/c1-11(2,3)9(15)14-10(16)13-8-5-4-6-12-7-8/h4-7H,1-3H3,(H2,13,14,15,16). The van der Waals surface area contributed by atoms with Gasteiger partial charge in [0.1, 0.15) is 0 Å². The Labute approximate surface area is 100 Å². The van der Waals surface area contributed by atoms with Crippen molar-refractivity contribution < 1.29 is 4.79 Å². The minimum atomic E-state index is -0.458. The summed E-state index contributed by atoms with van der Waals surface area (Å²) in [6, 6.07) is 3.61. The molecule has 0 aromatic carbocycles. The third-order valence-electron chi connectivity index (χ3n) is 1.83. The topological polar surface area (TPSA) is 54.0 Å². The molecular weight excluding hydrogens is 222 g/mol. The summed E-state index contributed by atoms with van der Waals surface area (Å²) in [5.74, 6) is -0.117. The van der Waals surface area contributed by atoms with Crippen LogP contribution in [0.15, 0.2) is 24.5 Å². The molecule has 4 nitrogen and oxygen atoms in total. The first-order valence-corrected chi connectivity index (χ1v) is 5.33. The van der Waals surface area contributed by atoms with Gasteiger partial charge in [0.2, 0.25) is 5.91 Å². The molecule has 0 aliphatic rings. The largest absolute Gasteiger partial charge is 0.331 e. The van der Waals surface area contributed by atoms with Crippen LogP contribution in [0, 0.1) is 5.41 Å². The first-order chi connectivity index (χ1) is 7.39. The van der Waals surface area contributed by atoms with Gasteiger partial charge in [-0.05, 0) is 24.4 Å². The molecule has 1 aromatic heterocycles. The summed E-state index contributed by atoms with van der Waals surface area (Å²) in [4.78, 5) is 15.5. The van der Waals surface area contributed by atoms with E-state index in [-0.39, 0.29) is 11.0 Å². The predicted octanol–water partition coefficient (Wildman–Crippen LogP) is 1.94. The number of nitrogens with zero attached hydrogens (tertiary/aromatic N) is 1. The Kier molecular flexibility index (Phi) is 3.95. The Morgan fingerprint density at radius 3 is 2.62 bits per heavy atom. The number of hydrogen-bond acceptors (Lipinski definition) is 3. The summed E-state index contributed by atoms with van der Waals surface area (Å²) in [5.41, 5.74) is 0.294. The van der Waals surface area contributed by atoms with E-state index in [1.165, 1.54) is 0 Å². The quantitative estimate of drug-likeness (QED) is 0.733. The van der Waals surface area contributed by atoms with Crippen LogP contribution in [0.2, 0.25) is 0 Å². The Morgan fingerprint density at radius 1 is 1.44 bits per heavy atom. The number of nitrogens with one attached hydrogen (secondary N) is 2. The Bertz CT molecular complexity index is 384. The Hall–Kier alpha value is -1.49. The van der Waals surface area contributed by atoms with Gasteiger partial charge >= 0.3 is 0 Å². The Morgan fingerprint density at radius 2 is 2.12 bits per heavy atom. The third-order valence-corrected chi connectivity index (χ3v) is 2.03. The van der Waals surface area contributed by atoms with Crippen molar-refractivity contribution in [1.29, 1.82) is 0 Å². The molecular formula is C11H15N3OS. The van der Waals surface area contributed by atoms with Gasteiger partial charge < -0.3 is 10.6 Å². The normalized spacial score (nSPS) is 10.7. The zero-order valence-electron chi connectivity index (χ0n) is 9.57. The SMILES string of the molecule is CC(C)(C)C(=O)NC(=S)Nc1cccnc1. The van der Waals surface area contributed by atoms with Crippen molar-refractivity contribution in [2.24, 2.45) is 5.41 Å². The monoisotopic (exact) mass is 237 g/mol. The highest BCUT2D eigenvalue weighted by Crippen LogP contribution is 2.12. The number of amides is 1. The molecule has 0 saturated carbocycles. The molecule has 1 rings (SSSR count). The fourth-order valence-electron chi connectivity index (χ4n) is 0.890. The molecule has 0 unspecified atom stereocenters. The number of rotatable bonds is 1. The highest BCUT2D eigenvalue weighted by Gasteiger charge is 2.21. The van der Waals surface area contributed by atoms with Crippen molar-refractivity contribution in [1.82, 2.24) is 10.3 Å². The second kappa shape index (κ2) is 5.03. The Balaban J connectivity index is 2.52. The number of carbonyl (C=O) groups is 1. The highest BCUT2D eigenvalue weighted by molar-refractivity contribution is 7.80. The van der Waals surface area contributed by atoms with Crippen LogP contribution in [-0.4, -0.2) is 16.0 Å². The summed E-state index contributed by atoms with van der Waals surface area (Å²) in [7, 11) is 0. The van der Waals surface area contributed by atoms with E-state index >= 15 is 0 Å². The maximum atomic E-state index is 11.6. The maximum absolute atomic E-state index is 11.6. The molecule has 0 atom stereocenters. The van der Waals surface area contributed by atoms with E-state index in [1.807, 2.05) is 26.8 Å². The van der Waals surface area contributed by atoms with E-state index < -0.39 is 5.41 Å². The molecule has 0 radical (unpaired) electrons. The molecule has 0 aliphatic heterocycles. The fourth-order valence-corrected chi connectivity index (χ4v) is 1.10. The lowest BCUT2D eigenvalue weighted by atomic mass is 9.96. The van der Waals surface area contributed by atoms with E-state index in [9.17, 15) is 4.79 Å². The summed E-state index contributed by atoms with van der Waals surface area (Å²) < 4.78 is 0. The van der Waals surface area contributed by atoms with Crippen LogP contribution in [0.1, 0.15) is 20.8 Å². The van der Waals surface area contributed by atoms with Crippen LogP contribution >= 0.6 is 12.2 Å². The minimum Gasteiger partial charge on any atom is -0.331 e. The van der Waals surface area contributed by atoms with Crippen LogP contribution in [0.3, 0.4) is 0 Å². The molecule has 0 aliphatic carbocycles. The number of hydrogen-bond donors (Lipinski definition) is 2. The van der Waals surface area contributed by atoms with Crippen molar-refractivity contribution in [3.63, 3.8) is 0 Å². The van der Waals surface area contributed by atoms with Crippen molar-refractivity contribution in [3.8, 4) is 0 Å². The van der Waals surface area contributed by atoms with Crippen molar-refractivity contribution in [2.45, 2.75) is 20.8 Å². The van der Waals surface area contributed by atoms with Gasteiger partial charge in [-0.25, -0.2) is 0 Å². The molecule has 5 heteroatoms. The molecule has 0 fully saturated rings. The van der Waals surface area contributed by atoms with Crippen LogP contribution in [0.5, 0.6) is 0 Å². The second-order valence-electron chi connectivity index (χ2n) is 4.40. The van der Waals surface area contributed by atoms with Gasteiger partial charge in [-0.3, -0.25) is 9.78 Å². The molecule has 0 saturated heterocycles. The van der Waals surface area contributed by atoms with Crippen molar-refractivity contribution >= 4 is 28.9 Å². The second-order valence-corrected chi connectivity index (χ2v) is 4.81. The lowest BCUT2D eigenvalue weighted by Crippen LogP contribution is -2.41. The fraction of sp³-hybridized carbons (Fsp3) is 0.364. The van der Waals surface area contributed by atoms with E-state index in [4.69, 9.17) is 12.2 Å². The van der Waals surface area contributed by atoms with Gasteiger partial charge in [0, 0.05) is 11.6 Å². The van der Waals surface area contributed by atoms with E-state index in [0.717, 1.165) is 5.69 Å². The highest BCUT2D eigenvalue weighted by atomic mass is 32.1. The first-order valence-electron chi connectivity index (χ1n) is 4.92. The lowest BCUT2D eigenvalue weighted by Gasteiger charge is -2.18. The molecule has 1 aromatic rings. The summed E-state index contributed by atoms with van der Waals surface area (Å²) in [6.45, 7) is 5.49. The molecule has 2 N–H and O–H groups in total. The van der Waals surface area contributed by atoms with Gasteiger partial charge in [0.25, 0.3) is 0 Å². The number of aromatic nitrogens is 1. The minimum absolute atomic E-state index is 0.117. The summed E-state index contributed by atoms with van der Waals surface area (Å²) in [6.07, 6.45) is 3.30. The molecule has 1 heterocycles. The summed E-state index contributed by atoms with van der Waals surface area (Å²) >= 11 is 5.01. The van der Waals surface area contributed by atoms with E-state index in [0.29, 0.717) is 0 Å². The van der Waals surface area contributed by atoms with Crippen LogP contribution in [0.25, 0.3) is 0 Å². The van der Waals surface area contributed by atoms with Gasteiger partial charge in [-0.15, -0.1) is 0 Å². The summed E-state index contributed by atoms with van der Waals surface area (Å²) in [5, 5.41) is 5.79. The molecule has 86 valence electrons. The molecule has 16 heavy (non-hydrogen) atoms. The average Bonchev–Trinajstić information content (AvgIpc) is 2.17. The molecule has 1 amide bonds. The van der Waals surface area contributed by atoms with E-state index in [2.05, 4.69) is 15.6 Å². The number of carbonyl (C=O) groups excluding carboxylic acids is 1. The number of anilines is 1. The number of thiocarbonyl (C=S) groups is 1.